The number of rotatable bonds is 17. The van der Waals surface area contributed by atoms with E-state index in [1.165, 1.54) is 64.2 Å². The van der Waals surface area contributed by atoms with E-state index in [0.29, 0.717) is 11.5 Å². The number of benzene rings is 1. The van der Waals surface area contributed by atoms with E-state index < -0.39 is 0 Å². The van der Waals surface area contributed by atoms with Gasteiger partial charge in [-0.2, -0.15) is 0 Å². The number of aromatic hydroxyl groups is 1. The number of unbranched alkanes of at least 4 members (excludes halogenated alkanes) is 10. The van der Waals surface area contributed by atoms with Gasteiger partial charge < -0.3 is 9.84 Å². The number of alkyl halides is 1. The Bertz CT molecular complexity index is 534. The van der Waals surface area contributed by atoms with Gasteiger partial charge in [0.15, 0.2) is 0 Å². The summed E-state index contributed by atoms with van der Waals surface area (Å²) in [6.07, 6.45) is 16.4. The van der Waals surface area contributed by atoms with Crippen LogP contribution in [0.5, 0.6) is 11.5 Å². The van der Waals surface area contributed by atoms with E-state index >= 15 is 0 Å². The van der Waals surface area contributed by atoms with E-state index in [0.717, 1.165) is 36.8 Å². The van der Waals surface area contributed by atoms with Gasteiger partial charge in [-0.25, -0.2) is 0 Å². The number of carbonyl (C=O) groups is 1. The lowest BCUT2D eigenvalue weighted by Crippen LogP contribution is -2.09. The molecule has 0 aromatic heterocycles. The standard InChI is InChI=1S/C25H41ClO3/c1-3-5-7-9-11-13-15-21-19-23(29-24(27)17-18-26)20-22(25(21)28)16-14-12-10-8-6-4-2/h19-20,28H,3-18H2,1-2H3. The van der Waals surface area contributed by atoms with Crippen molar-refractivity contribution >= 4 is 17.6 Å². The van der Waals surface area contributed by atoms with E-state index in [9.17, 15) is 9.90 Å². The van der Waals surface area contributed by atoms with Gasteiger partial charge in [0.1, 0.15) is 11.5 Å². The summed E-state index contributed by atoms with van der Waals surface area (Å²) in [5.41, 5.74) is 1.80. The summed E-state index contributed by atoms with van der Waals surface area (Å²) < 4.78 is 5.48. The lowest BCUT2D eigenvalue weighted by Gasteiger charge is -2.14. The second kappa shape index (κ2) is 16.6. The molecule has 29 heavy (non-hydrogen) atoms. The van der Waals surface area contributed by atoms with Crippen molar-refractivity contribution in [2.75, 3.05) is 5.88 Å². The molecule has 0 saturated carbocycles. The summed E-state index contributed by atoms with van der Waals surface area (Å²) in [4.78, 5) is 11.9. The van der Waals surface area contributed by atoms with E-state index in [-0.39, 0.29) is 18.3 Å². The molecule has 0 unspecified atom stereocenters. The highest BCUT2D eigenvalue weighted by molar-refractivity contribution is 6.18. The first-order valence-electron chi connectivity index (χ1n) is 11.7. The molecule has 0 bridgehead atoms. The number of phenolic OH excluding ortho intramolecular Hbond substituents is 1. The fourth-order valence-corrected chi connectivity index (χ4v) is 3.77. The molecule has 1 aromatic rings. The average Bonchev–Trinajstić information content (AvgIpc) is 2.70. The van der Waals surface area contributed by atoms with Gasteiger partial charge in [0.2, 0.25) is 0 Å². The number of hydrogen-bond donors (Lipinski definition) is 1. The Kier molecular flexibility index (Phi) is 14.7. The van der Waals surface area contributed by atoms with Crippen LogP contribution in [-0.4, -0.2) is 17.0 Å². The Morgan fingerprint density at radius 3 is 1.72 bits per heavy atom. The van der Waals surface area contributed by atoms with Crippen LogP contribution in [0.4, 0.5) is 0 Å². The first-order valence-corrected chi connectivity index (χ1v) is 12.3. The van der Waals surface area contributed by atoms with Gasteiger partial charge >= 0.3 is 5.97 Å². The third-order valence-electron chi connectivity index (χ3n) is 5.37. The second-order valence-electron chi connectivity index (χ2n) is 8.04. The summed E-state index contributed by atoms with van der Waals surface area (Å²) in [7, 11) is 0. The zero-order valence-electron chi connectivity index (χ0n) is 18.6. The number of carbonyl (C=O) groups excluding carboxylic acids is 1. The van der Waals surface area contributed by atoms with E-state index in [4.69, 9.17) is 16.3 Å². The predicted molar refractivity (Wildman–Crippen MR) is 123 cm³/mol. The maximum atomic E-state index is 11.9. The minimum atomic E-state index is -0.318. The van der Waals surface area contributed by atoms with Crippen molar-refractivity contribution in [3.8, 4) is 11.5 Å². The Morgan fingerprint density at radius 2 is 1.28 bits per heavy atom. The highest BCUT2D eigenvalue weighted by atomic mass is 35.5. The average molecular weight is 425 g/mol. The van der Waals surface area contributed by atoms with Crippen LogP contribution in [0.15, 0.2) is 12.1 Å². The lowest BCUT2D eigenvalue weighted by molar-refractivity contribution is -0.133. The Morgan fingerprint density at radius 1 is 0.828 bits per heavy atom. The highest BCUT2D eigenvalue weighted by Crippen LogP contribution is 2.31. The Balaban J connectivity index is 2.70. The molecule has 0 heterocycles. The normalized spacial score (nSPS) is 11.0. The molecular formula is C25H41ClO3. The van der Waals surface area contributed by atoms with Crippen molar-refractivity contribution in [3.63, 3.8) is 0 Å². The van der Waals surface area contributed by atoms with Crippen molar-refractivity contribution in [1.29, 1.82) is 0 Å². The number of ether oxygens (including phenoxy) is 1. The van der Waals surface area contributed by atoms with Crippen molar-refractivity contribution in [3.05, 3.63) is 23.3 Å². The first kappa shape index (κ1) is 25.8. The molecule has 1 N–H and O–H groups in total. The fourth-order valence-electron chi connectivity index (χ4n) is 3.62. The van der Waals surface area contributed by atoms with Crippen LogP contribution >= 0.6 is 11.6 Å². The maximum absolute atomic E-state index is 11.9. The van der Waals surface area contributed by atoms with E-state index in [2.05, 4.69) is 13.8 Å². The molecular weight excluding hydrogens is 384 g/mol. The molecule has 1 aromatic carbocycles. The quantitative estimate of drug-likeness (QED) is 0.120. The van der Waals surface area contributed by atoms with Crippen LogP contribution in [-0.2, 0) is 17.6 Å². The number of halogens is 1. The van der Waals surface area contributed by atoms with Gasteiger partial charge in [0.25, 0.3) is 0 Å². The second-order valence-corrected chi connectivity index (χ2v) is 8.42. The number of aryl methyl sites for hydroxylation is 2. The molecule has 0 fully saturated rings. The molecule has 0 aliphatic carbocycles. The summed E-state index contributed by atoms with van der Waals surface area (Å²) >= 11 is 5.65. The minimum absolute atomic E-state index is 0.196. The molecule has 0 amide bonds. The smallest absolute Gasteiger partial charge is 0.312 e. The zero-order chi connectivity index (χ0) is 21.3. The molecule has 0 aliphatic heterocycles. The molecule has 0 saturated heterocycles. The van der Waals surface area contributed by atoms with Crippen molar-refractivity contribution in [2.45, 2.75) is 110 Å². The van der Waals surface area contributed by atoms with E-state index in [1.54, 1.807) is 0 Å². The SMILES string of the molecule is CCCCCCCCc1cc(OC(=O)CCCl)cc(CCCCCCCC)c1O. The van der Waals surface area contributed by atoms with Crippen molar-refractivity contribution < 1.29 is 14.6 Å². The van der Waals surface area contributed by atoms with Crippen molar-refractivity contribution in [1.82, 2.24) is 0 Å². The first-order chi connectivity index (χ1) is 14.1. The molecule has 0 aliphatic rings. The van der Waals surface area contributed by atoms with Crippen molar-refractivity contribution in [2.24, 2.45) is 0 Å². The monoisotopic (exact) mass is 424 g/mol. The van der Waals surface area contributed by atoms with Crippen LogP contribution in [0.25, 0.3) is 0 Å². The molecule has 0 radical (unpaired) electrons. The number of phenols is 1. The Labute approximate surface area is 183 Å². The lowest BCUT2D eigenvalue weighted by atomic mass is 9.98. The molecule has 166 valence electrons. The third-order valence-corrected chi connectivity index (χ3v) is 5.56. The van der Waals surface area contributed by atoms with Crippen LogP contribution in [0.2, 0.25) is 0 Å². The predicted octanol–water partition coefficient (Wildman–Crippen LogP) is 7.73. The Hall–Kier alpha value is -1.22. The molecule has 1 rings (SSSR count). The highest BCUT2D eigenvalue weighted by Gasteiger charge is 2.13. The third kappa shape index (κ3) is 11.5. The minimum Gasteiger partial charge on any atom is -0.507 e. The van der Waals surface area contributed by atoms with Crippen LogP contribution < -0.4 is 4.74 Å². The molecule has 0 atom stereocenters. The van der Waals surface area contributed by atoms with Gasteiger partial charge in [-0.3, -0.25) is 4.79 Å². The van der Waals surface area contributed by atoms with Crippen LogP contribution in [0.1, 0.15) is 108 Å². The largest absolute Gasteiger partial charge is 0.507 e. The van der Waals surface area contributed by atoms with Crippen LogP contribution in [0, 0.1) is 0 Å². The van der Waals surface area contributed by atoms with Gasteiger partial charge in [0.05, 0.1) is 6.42 Å². The van der Waals surface area contributed by atoms with Gasteiger partial charge in [-0.05, 0) is 48.9 Å². The molecule has 4 heteroatoms. The molecule has 0 spiro atoms. The summed E-state index contributed by atoms with van der Waals surface area (Å²) in [6, 6.07) is 3.66. The van der Waals surface area contributed by atoms with Gasteiger partial charge in [-0.1, -0.05) is 78.1 Å². The summed E-state index contributed by atoms with van der Waals surface area (Å²) in [5, 5.41) is 10.8. The van der Waals surface area contributed by atoms with Gasteiger partial charge in [0, 0.05) is 5.88 Å². The zero-order valence-corrected chi connectivity index (χ0v) is 19.4. The van der Waals surface area contributed by atoms with E-state index in [1.807, 2.05) is 12.1 Å². The fraction of sp³-hybridized carbons (Fsp3) is 0.720. The maximum Gasteiger partial charge on any atom is 0.312 e. The number of esters is 1. The topological polar surface area (TPSA) is 46.5 Å². The molecule has 3 nitrogen and oxygen atoms in total. The summed E-state index contributed by atoms with van der Waals surface area (Å²) in [6.45, 7) is 4.45. The number of hydrogen-bond acceptors (Lipinski definition) is 3. The summed E-state index contributed by atoms with van der Waals surface area (Å²) in [5.74, 6) is 0.873. The van der Waals surface area contributed by atoms with Gasteiger partial charge in [-0.15, -0.1) is 11.6 Å². The van der Waals surface area contributed by atoms with Crippen LogP contribution in [0.3, 0.4) is 0 Å².